The minimum absolute atomic E-state index is 0.0293. The predicted octanol–water partition coefficient (Wildman–Crippen LogP) is 1.68. The molecule has 7 heteroatoms. The fourth-order valence-corrected chi connectivity index (χ4v) is 3.25. The Morgan fingerprint density at radius 3 is 2.84 bits per heavy atom. The van der Waals surface area contributed by atoms with Crippen molar-refractivity contribution < 1.29 is 14.6 Å². The summed E-state index contributed by atoms with van der Waals surface area (Å²) in [7, 11) is 0. The molecule has 3 rings (SSSR count). The van der Waals surface area contributed by atoms with E-state index in [2.05, 4.69) is 21.7 Å². The zero-order valence-electron chi connectivity index (χ0n) is 10.8. The number of thioether (sulfide) groups is 1. The van der Waals surface area contributed by atoms with Gasteiger partial charge in [-0.2, -0.15) is 0 Å². The third kappa shape index (κ3) is 2.62. The molecule has 0 spiro atoms. The molecule has 19 heavy (non-hydrogen) atoms. The second kappa shape index (κ2) is 5.13. The van der Waals surface area contributed by atoms with Gasteiger partial charge in [-0.15, -0.1) is 10.2 Å². The van der Waals surface area contributed by atoms with Crippen molar-refractivity contribution >= 4 is 17.7 Å². The van der Waals surface area contributed by atoms with Crippen LogP contribution in [0, 0.1) is 0 Å². The molecule has 6 nitrogen and oxygen atoms in total. The highest BCUT2D eigenvalue weighted by Gasteiger charge is 2.36. The number of hydrogen-bond donors (Lipinski definition) is 1. The van der Waals surface area contributed by atoms with Gasteiger partial charge in [-0.25, -0.2) is 0 Å². The molecule has 2 unspecified atom stereocenters. The maximum absolute atomic E-state index is 10.7. The van der Waals surface area contributed by atoms with Gasteiger partial charge in [0.05, 0.1) is 11.9 Å². The molecule has 104 valence electrons. The van der Waals surface area contributed by atoms with Crippen molar-refractivity contribution in [1.82, 2.24) is 14.8 Å². The van der Waals surface area contributed by atoms with Crippen LogP contribution >= 0.6 is 11.8 Å². The average Bonchev–Trinajstić information content (AvgIpc) is 2.98. The smallest absolute Gasteiger partial charge is 0.313 e. The average molecular weight is 283 g/mol. The summed E-state index contributed by atoms with van der Waals surface area (Å²) in [5.74, 6) is 0.462. The summed E-state index contributed by atoms with van der Waals surface area (Å²) >= 11 is 1.25. The van der Waals surface area contributed by atoms with Crippen molar-refractivity contribution in [1.29, 1.82) is 0 Å². The summed E-state index contributed by atoms with van der Waals surface area (Å²) in [6.45, 7) is 2.83. The van der Waals surface area contributed by atoms with Crippen molar-refractivity contribution in [3.05, 3.63) is 5.82 Å². The van der Waals surface area contributed by atoms with Crippen molar-refractivity contribution in [3.8, 4) is 0 Å². The summed E-state index contributed by atoms with van der Waals surface area (Å²) in [6, 6.07) is 0.453. The van der Waals surface area contributed by atoms with Crippen LogP contribution in [0.25, 0.3) is 0 Å². The van der Waals surface area contributed by atoms with Gasteiger partial charge in [0.1, 0.15) is 5.82 Å². The minimum atomic E-state index is -0.825. The number of aliphatic carboxylic acids is 1. The molecule has 1 aromatic rings. The van der Waals surface area contributed by atoms with Gasteiger partial charge in [0.2, 0.25) is 0 Å². The maximum Gasteiger partial charge on any atom is 0.313 e. The number of nitrogens with zero attached hydrogens (tertiary/aromatic N) is 3. The van der Waals surface area contributed by atoms with Crippen LogP contribution < -0.4 is 0 Å². The minimum Gasteiger partial charge on any atom is -0.481 e. The standard InChI is InChI=1S/C12H17N3O3S/c1-7-9(4-5-18-7)11-13-14-12(19-6-10(16)17)15(11)8-2-3-8/h7-9H,2-6H2,1H3,(H,16,17). The normalized spacial score (nSPS) is 26.8. The van der Waals surface area contributed by atoms with Gasteiger partial charge in [-0.1, -0.05) is 11.8 Å². The predicted molar refractivity (Wildman–Crippen MR) is 69.4 cm³/mol. The van der Waals surface area contributed by atoms with Crippen molar-refractivity contribution in [2.24, 2.45) is 0 Å². The molecule has 2 atom stereocenters. The van der Waals surface area contributed by atoms with Crippen LogP contribution in [0.4, 0.5) is 0 Å². The third-order valence-corrected chi connectivity index (χ3v) is 4.56. The summed E-state index contributed by atoms with van der Waals surface area (Å²) in [5, 5.41) is 18.0. The lowest BCUT2D eigenvalue weighted by Gasteiger charge is -2.15. The maximum atomic E-state index is 10.7. The number of carboxylic acid groups (broad SMARTS) is 1. The largest absolute Gasteiger partial charge is 0.481 e. The molecule has 2 heterocycles. The molecule has 1 aliphatic heterocycles. The van der Waals surface area contributed by atoms with Crippen LogP contribution in [-0.4, -0.2) is 44.3 Å². The van der Waals surface area contributed by atoms with E-state index in [0.717, 1.165) is 36.9 Å². The zero-order chi connectivity index (χ0) is 13.4. The van der Waals surface area contributed by atoms with Gasteiger partial charge in [0.25, 0.3) is 0 Å². The monoisotopic (exact) mass is 283 g/mol. The van der Waals surface area contributed by atoms with Crippen molar-refractivity contribution in [2.45, 2.75) is 49.4 Å². The van der Waals surface area contributed by atoms with E-state index in [9.17, 15) is 4.79 Å². The number of aromatic nitrogens is 3. The second-order valence-corrected chi connectivity index (χ2v) is 6.04. The fourth-order valence-electron chi connectivity index (χ4n) is 2.51. The lowest BCUT2D eigenvalue weighted by molar-refractivity contribution is -0.133. The second-order valence-electron chi connectivity index (χ2n) is 5.10. The van der Waals surface area contributed by atoms with Gasteiger partial charge in [0.15, 0.2) is 5.16 Å². The Morgan fingerprint density at radius 1 is 1.47 bits per heavy atom. The molecule has 1 aliphatic carbocycles. The first kappa shape index (κ1) is 12.9. The summed E-state index contributed by atoms with van der Waals surface area (Å²) in [4.78, 5) is 10.7. The van der Waals surface area contributed by atoms with E-state index in [-0.39, 0.29) is 17.8 Å². The molecule has 1 aromatic heterocycles. The number of carbonyl (C=O) groups is 1. The Bertz CT molecular complexity index is 487. The first-order valence-corrected chi connectivity index (χ1v) is 7.56. The number of rotatable bonds is 5. The molecule has 2 aliphatic rings. The van der Waals surface area contributed by atoms with Gasteiger partial charge in [-0.05, 0) is 26.2 Å². The highest BCUT2D eigenvalue weighted by molar-refractivity contribution is 7.99. The van der Waals surface area contributed by atoms with E-state index < -0.39 is 5.97 Å². The van der Waals surface area contributed by atoms with Gasteiger partial charge < -0.3 is 14.4 Å². The number of hydrogen-bond acceptors (Lipinski definition) is 5. The van der Waals surface area contributed by atoms with E-state index in [4.69, 9.17) is 9.84 Å². The molecule has 0 radical (unpaired) electrons. The summed E-state index contributed by atoms with van der Waals surface area (Å²) in [6.07, 6.45) is 3.40. The van der Waals surface area contributed by atoms with Crippen LogP contribution in [0.15, 0.2) is 5.16 Å². The van der Waals surface area contributed by atoms with E-state index in [1.54, 1.807) is 0 Å². The van der Waals surface area contributed by atoms with Crippen molar-refractivity contribution in [3.63, 3.8) is 0 Å². The summed E-state index contributed by atoms with van der Waals surface area (Å²) < 4.78 is 7.74. The molecule has 1 saturated carbocycles. The van der Waals surface area contributed by atoms with Gasteiger partial charge >= 0.3 is 5.97 Å². The Hall–Kier alpha value is -1.08. The molecule has 1 N–H and O–H groups in total. The van der Waals surface area contributed by atoms with Gasteiger partial charge in [-0.3, -0.25) is 4.79 Å². The van der Waals surface area contributed by atoms with E-state index in [1.165, 1.54) is 11.8 Å². The number of carboxylic acids is 1. The molecule has 0 bridgehead atoms. The molecule has 2 fully saturated rings. The Morgan fingerprint density at radius 2 is 2.26 bits per heavy atom. The van der Waals surface area contributed by atoms with Gasteiger partial charge in [0, 0.05) is 18.6 Å². The quantitative estimate of drug-likeness (QED) is 0.828. The molecule has 0 aromatic carbocycles. The first-order chi connectivity index (χ1) is 9.16. The van der Waals surface area contributed by atoms with Crippen LogP contribution in [0.1, 0.15) is 44.0 Å². The number of ether oxygens (including phenoxy) is 1. The van der Waals surface area contributed by atoms with Crippen LogP contribution in [0.2, 0.25) is 0 Å². The first-order valence-electron chi connectivity index (χ1n) is 6.58. The zero-order valence-corrected chi connectivity index (χ0v) is 11.6. The third-order valence-electron chi connectivity index (χ3n) is 3.64. The van der Waals surface area contributed by atoms with Crippen molar-refractivity contribution in [2.75, 3.05) is 12.4 Å². The highest BCUT2D eigenvalue weighted by atomic mass is 32.2. The Balaban J connectivity index is 1.85. The van der Waals surface area contributed by atoms with E-state index >= 15 is 0 Å². The van der Waals surface area contributed by atoms with E-state index in [0.29, 0.717) is 6.04 Å². The molecule has 0 amide bonds. The van der Waals surface area contributed by atoms with Crippen LogP contribution in [-0.2, 0) is 9.53 Å². The topological polar surface area (TPSA) is 77.2 Å². The lowest BCUT2D eigenvalue weighted by Crippen LogP contribution is -2.15. The van der Waals surface area contributed by atoms with Crippen LogP contribution in [0.3, 0.4) is 0 Å². The Kier molecular flexibility index (Phi) is 3.49. The fraction of sp³-hybridized carbons (Fsp3) is 0.750. The molecule has 1 saturated heterocycles. The molecular weight excluding hydrogens is 266 g/mol. The lowest BCUT2D eigenvalue weighted by atomic mass is 10.0. The van der Waals surface area contributed by atoms with E-state index in [1.807, 2.05) is 0 Å². The molecular formula is C12H17N3O3S. The highest BCUT2D eigenvalue weighted by Crippen LogP contribution is 2.42. The SMILES string of the molecule is CC1OCCC1c1nnc(SCC(=O)O)n1C1CC1. The van der Waals surface area contributed by atoms with Crippen LogP contribution in [0.5, 0.6) is 0 Å². The Labute approximate surface area is 115 Å². The summed E-state index contributed by atoms with van der Waals surface area (Å²) in [5.41, 5.74) is 0.